The minimum absolute atomic E-state index is 0.130. The Morgan fingerprint density at radius 2 is 2.05 bits per heavy atom. The molecule has 1 N–H and O–H groups in total. The summed E-state index contributed by atoms with van der Waals surface area (Å²) in [5.41, 5.74) is 1.72. The molecule has 0 heterocycles. The zero-order chi connectivity index (χ0) is 15.3. The molecule has 0 aromatic heterocycles. The van der Waals surface area contributed by atoms with Gasteiger partial charge < -0.3 is 4.74 Å². The van der Waals surface area contributed by atoms with Crippen LogP contribution in [0.2, 0.25) is 0 Å². The minimum Gasteiger partial charge on any atom is -0.444 e. The standard InChI is InChI=1S/C14H20N2O4/c1-10-5-6-11(7-8-16(18)19)9-12(10)15-13(17)20-14(2,3)4/h5-6,9H,7-8H2,1-4H3,(H,15,17). The largest absolute Gasteiger partial charge is 0.444 e. The van der Waals surface area contributed by atoms with Crippen molar-refractivity contribution in [2.75, 3.05) is 11.9 Å². The van der Waals surface area contributed by atoms with E-state index in [9.17, 15) is 14.9 Å². The predicted molar refractivity (Wildman–Crippen MR) is 76.6 cm³/mol. The van der Waals surface area contributed by atoms with E-state index in [0.717, 1.165) is 11.1 Å². The van der Waals surface area contributed by atoms with Gasteiger partial charge in [0.2, 0.25) is 6.54 Å². The van der Waals surface area contributed by atoms with E-state index in [-0.39, 0.29) is 11.5 Å². The molecule has 0 saturated carbocycles. The van der Waals surface area contributed by atoms with E-state index in [2.05, 4.69) is 5.32 Å². The van der Waals surface area contributed by atoms with E-state index >= 15 is 0 Å². The van der Waals surface area contributed by atoms with Crippen LogP contribution in [0.15, 0.2) is 18.2 Å². The maximum Gasteiger partial charge on any atom is 0.412 e. The summed E-state index contributed by atoms with van der Waals surface area (Å²) in [4.78, 5) is 21.7. The normalized spacial score (nSPS) is 11.0. The number of nitrogens with one attached hydrogen (secondary N) is 1. The van der Waals surface area contributed by atoms with Crippen molar-refractivity contribution < 1.29 is 14.5 Å². The van der Waals surface area contributed by atoms with Crippen LogP contribution < -0.4 is 5.32 Å². The van der Waals surface area contributed by atoms with E-state index in [0.29, 0.717) is 12.1 Å². The van der Waals surface area contributed by atoms with Gasteiger partial charge in [0, 0.05) is 17.0 Å². The second-order valence-corrected chi connectivity index (χ2v) is 5.58. The molecule has 0 spiro atoms. The highest BCUT2D eigenvalue weighted by Gasteiger charge is 2.17. The van der Waals surface area contributed by atoms with Crippen molar-refractivity contribution in [3.63, 3.8) is 0 Å². The molecule has 1 aromatic rings. The van der Waals surface area contributed by atoms with Gasteiger partial charge in [-0.2, -0.15) is 0 Å². The van der Waals surface area contributed by atoms with Gasteiger partial charge in [0.15, 0.2) is 0 Å². The monoisotopic (exact) mass is 280 g/mol. The summed E-state index contributed by atoms with van der Waals surface area (Å²) in [7, 11) is 0. The molecule has 110 valence electrons. The summed E-state index contributed by atoms with van der Waals surface area (Å²) in [6.45, 7) is 7.08. The Bertz CT molecular complexity index is 506. The van der Waals surface area contributed by atoms with E-state index in [1.165, 1.54) is 0 Å². The fourth-order valence-corrected chi connectivity index (χ4v) is 1.59. The van der Waals surface area contributed by atoms with E-state index < -0.39 is 11.7 Å². The number of amides is 1. The molecular weight excluding hydrogens is 260 g/mol. The van der Waals surface area contributed by atoms with Crippen molar-refractivity contribution >= 4 is 11.8 Å². The van der Waals surface area contributed by atoms with Gasteiger partial charge in [-0.15, -0.1) is 0 Å². The zero-order valence-electron chi connectivity index (χ0n) is 12.2. The van der Waals surface area contributed by atoms with Crippen LogP contribution in [0.5, 0.6) is 0 Å². The molecule has 0 saturated heterocycles. The average Bonchev–Trinajstić information content (AvgIpc) is 2.27. The van der Waals surface area contributed by atoms with E-state index in [1.54, 1.807) is 26.8 Å². The fraction of sp³-hybridized carbons (Fsp3) is 0.500. The van der Waals surface area contributed by atoms with Crippen LogP contribution in [-0.4, -0.2) is 23.2 Å². The van der Waals surface area contributed by atoms with Crippen LogP contribution in [0.3, 0.4) is 0 Å². The molecule has 20 heavy (non-hydrogen) atoms. The lowest BCUT2D eigenvalue weighted by molar-refractivity contribution is -0.479. The van der Waals surface area contributed by atoms with Gasteiger partial charge in [0.1, 0.15) is 5.60 Å². The number of carbonyl (C=O) groups is 1. The van der Waals surface area contributed by atoms with Crippen LogP contribution in [0.1, 0.15) is 31.9 Å². The molecule has 1 rings (SSSR count). The molecule has 0 bridgehead atoms. The third-order valence-corrected chi connectivity index (χ3v) is 2.52. The van der Waals surface area contributed by atoms with Crippen molar-refractivity contribution in [3.8, 4) is 0 Å². The highest BCUT2D eigenvalue weighted by atomic mass is 16.6. The van der Waals surface area contributed by atoms with Crippen LogP contribution in [-0.2, 0) is 11.2 Å². The highest BCUT2D eigenvalue weighted by Crippen LogP contribution is 2.18. The molecule has 0 aliphatic rings. The van der Waals surface area contributed by atoms with Gasteiger partial charge in [-0.1, -0.05) is 12.1 Å². The van der Waals surface area contributed by atoms with E-state index in [4.69, 9.17) is 4.74 Å². The number of nitrogens with zero attached hydrogens (tertiary/aromatic N) is 1. The molecule has 0 radical (unpaired) electrons. The smallest absolute Gasteiger partial charge is 0.412 e. The SMILES string of the molecule is Cc1ccc(CC[N+](=O)[O-])cc1NC(=O)OC(C)(C)C. The van der Waals surface area contributed by atoms with Crippen LogP contribution in [0.25, 0.3) is 0 Å². The van der Waals surface area contributed by atoms with Gasteiger partial charge >= 0.3 is 6.09 Å². The molecule has 1 amide bonds. The Hall–Kier alpha value is -2.11. The average molecular weight is 280 g/mol. The molecule has 1 aromatic carbocycles. The molecule has 0 fully saturated rings. The predicted octanol–water partition coefficient (Wildman–Crippen LogP) is 3.16. The lowest BCUT2D eigenvalue weighted by atomic mass is 10.1. The third-order valence-electron chi connectivity index (χ3n) is 2.52. The third kappa shape index (κ3) is 5.69. The summed E-state index contributed by atoms with van der Waals surface area (Å²) in [5.74, 6) is 0. The Morgan fingerprint density at radius 3 is 2.60 bits per heavy atom. The van der Waals surface area contributed by atoms with E-state index in [1.807, 2.05) is 19.1 Å². The summed E-state index contributed by atoms with van der Waals surface area (Å²) < 4.78 is 5.18. The van der Waals surface area contributed by atoms with Crippen LogP contribution >= 0.6 is 0 Å². The molecule has 6 nitrogen and oxygen atoms in total. The minimum atomic E-state index is -0.568. The first-order chi connectivity index (χ1) is 9.17. The number of hydrogen-bond donors (Lipinski definition) is 1. The van der Waals surface area contributed by atoms with Crippen molar-refractivity contribution in [1.29, 1.82) is 0 Å². The topological polar surface area (TPSA) is 81.5 Å². The summed E-state index contributed by atoms with van der Waals surface area (Å²) >= 11 is 0. The summed E-state index contributed by atoms with van der Waals surface area (Å²) in [6, 6.07) is 5.38. The van der Waals surface area contributed by atoms with Crippen molar-refractivity contribution in [2.45, 2.75) is 39.7 Å². The van der Waals surface area contributed by atoms with Gasteiger partial charge in [-0.3, -0.25) is 15.4 Å². The maximum atomic E-state index is 11.7. The molecular formula is C14H20N2O4. The van der Waals surface area contributed by atoms with Crippen molar-refractivity contribution in [3.05, 3.63) is 39.4 Å². The number of aryl methyl sites for hydroxylation is 1. The highest BCUT2D eigenvalue weighted by molar-refractivity contribution is 5.86. The molecule has 0 unspecified atom stereocenters. The number of rotatable bonds is 4. The van der Waals surface area contributed by atoms with Gasteiger partial charge in [-0.05, 0) is 44.9 Å². The fourth-order valence-electron chi connectivity index (χ4n) is 1.59. The first kappa shape index (κ1) is 15.9. The lowest BCUT2D eigenvalue weighted by Gasteiger charge is -2.20. The Labute approximate surface area is 118 Å². The second-order valence-electron chi connectivity index (χ2n) is 5.58. The number of hydrogen-bond acceptors (Lipinski definition) is 4. The number of carbonyl (C=O) groups excluding carboxylic acids is 1. The Balaban J connectivity index is 2.76. The maximum absolute atomic E-state index is 11.7. The molecule has 0 aliphatic heterocycles. The summed E-state index contributed by atoms with van der Waals surface area (Å²) in [5, 5.41) is 13.0. The number of benzene rings is 1. The number of ether oxygens (including phenoxy) is 1. The Morgan fingerprint density at radius 1 is 1.40 bits per heavy atom. The quantitative estimate of drug-likeness (QED) is 0.678. The zero-order valence-corrected chi connectivity index (χ0v) is 12.2. The first-order valence-electron chi connectivity index (χ1n) is 6.39. The van der Waals surface area contributed by atoms with Crippen molar-refractivity contribution in [1.82, 2.24) is 0 Å². The van der Waals surface area contributed by atoms with Crippen LogP contribution in [0.4, 0.5) is 10.5 Å². The molecule has 0 aliphatic carbocycles. The number of nitro groups is 1. The number of anilines is 1. The molecule has 6 heteroatoms. The van der Waals surface area contributed by atoms with Crippen molar-refractivity contribution in [2.24, 2.45) is 0 Å². The lowest BCUT2D eigenvalue weighted by Crippen LogP contribution is -2.27. The first-order valence-corrected chi connectivity index (χ1v) is 6.39. The molecule has 0 atom stereocenters. The Kier molecular flexibility index (Phi) is 5.07. The van der Waals surface area contributed by atoms with Gasteiger partial charge in [0.25, 0.3) is 0 Å². The van der Waals surface area contributed by atoms with Gasteiger partial charge in [0.05, 0.1) is 0 Å². The second kappa shape index (κ2) is 6.36. The van der Waals surface area contributed by atoms with Gasteiger partial charge in [-0.25, -0.2) is 4.79 Å². The summed E-state index contributed by atoms with van der Waals surface area (Å²) in [6.07, 6.45) is -0.206. The van der Waals surface area contributed by atoms with Crippen LogP contribution in [0, 0.1) is 17.0 Å².